The molecule has 0 saturated heterocycles. The number of hydrogen-bond acceptors (Lipinski definition) is 5. The Morgan fingerprint density at radius 1 is 1.61 bits per heavy atom. The molecule has 98 valence electrons. The summed E-state index contributed by atoms with van der Waals surface area (Å²) in [5, 5.41) is 10.5. The van der Waals surface area contributed by atoms with Gasteiger partial charge in [-0.2, -0.15) is 0 Å². The van der Waals surface area contributed by atoms with Gasteiger partial charge in [0.1, 0.15) is 5.56 Å². The van der Waals surface area contributed by atoms with Crippen molar-refractivity contribution in [1.29, 1.82) is 0 Å². The van der Waals surface area contributed by atoms with Crippen LogP contribution in [0.5, 0.6) is 0 Å². The third kappa shape index (κ3) is 2.73. The predicted molar refractivity (Wildman–Crippen MR) is 51.8 cm³/mol. The number of hydrogen-bond donors (Lipinski definition) is 0. The van der Waals surface area contributed by atoms with Crippen molar-refractivity contribution >= 4 is 11.8 Å². The number of aromatic nitrogens is 1. The summed E-state index contributed by atoms with van der Waals surface area (Å²) in [6, 6.07) is 0.210. The summed E-state index contributed by atoms with van der Waals surface area (Å²) in [6.45, 7) is 1.32. The Labute approximate surface area is 98.5 Å². The highest BCUT2D eigenvalue weighted by Crippen LogP contribution is 2.28. The van der Waals surface area contributed by atoms with E-state index in [0.29, 0.717) is 0 Å². The highest BCUT2D eigenvalue weighted by molar-refractivity contribution is 5.88. The maximum atomic E-state index is 13.3. The summed E-state index contributed by atoms with van der Waals surface area (Å²) in [5.74, 6) is -3.91. The van der Waals surface area contributed by atoms with Crippen LogP contribution < -0.4 is 0 Å². The average molecular weight is 264 g/mol. The topological polar surface area (TPSA) is 82.3 Å². The van der Waals surface area contributed by atoms with Gasteiger partial charge in [0.2, 0.25) is 0 Å². The average Bonchev–Trinajstić information content (AvgIpc) is 2.28. The number of rotatable bonds is 4. The number of carbonyl (C=O) groups is 1. The standard InChI is InChI=1S/C9H7F3N2O4/c1-2-18-9(15)6-5(10)3-4(7(11)12)8(13-6)14(16)17/h3,7H,2H2,1H3. The van der Waals surface area contributed by atoms with Crippen LogP contribution in [0.15, 0.2) is 6.07 Å². The van der Waals surface area contributed by atoms with E-state index in [1.807, 2.05) is 0 Å². The van der Waals surface area contributed by atoms with Crippen LogP contribution >= 0.6 is 0 Å². The van der Waals surface area contributed by atoms with Gasteiger partial charge in [-0.3, -0.25) is 0 Å². The number of ether oxygens (including phenoxy) is 1. The molecule has 0 bridgehead atoms. The molecule has 0 saturated carbocycles. The van der Waals surface area contributed by atoms with E-state index in [-0.39, 0.29) is 12.7 Å². The predicted octanol–water partition coefficient (Wildman–Crippen LogP) is 2.24. The Hall–Kier alpha value is -2.19. The molecule has 9 heteroatoms. The Bertz CT molecular complexity index is 493. The minimum atomic E-state index is -3.27. The Morgan fingerprint density at radius 2 is 2.22 bits per heavy atom. The molecule has 0 aromatic carbocycles. The molecule has 0 aliphatic carbocycles. The highest BCUT2D eigenvalue weighted by atomic mass is 19.3. The molecule has 0 radical (unpaired) electrons. The van der Waals surface area contributed by atoms with Crippen molar-refractivity contribution < 1.29 is 27.6 Å². The van der Waals surface area contributed by atoms with Crippen molar-refractivity contribution in [1.82, 2.24) is 4.98 Å². The van der Waals surface area contributed by atoms with Gasteiger partial charge < -0.3 is 14.9 Å². The van der Waals surface area contributed by atoms with E-state index in [1.54, 1.807) is 0 Å². The van der Waals surface area contributed by atoms with Gasteiger partial charge in [-0.15, -0.1) is 0 Å². The van der Waals surface area contributed by atoms with Crippen LogP contribution in [-0.2, 0) is 4.74 Å². The molecule has 1 rings (SSSR count). The molecule has 1 aromatic heterocycles. The molecule has 0 N–H and O–H groups in total. The maximum absolute atomic E-state index is 13.3. The van der Waals surface area contributed by atoms with Crippen LogP contribution in [0.3, 0.4) is 0 Å². The monoisotopic (exact) mass is 264 g/mol. The number of nitrogens with zero attached hydrogens (tertiary/aromatic N) is 2. The molecule has 0 aliphatic rings. The zero-order valence-electron chi connectivity index (χ0n) is 9.02. The summed E-state index contributed by atoms with van der Waals surface area (Å²) < 4.78 is 42.5. The number of carbonyl (C=O) groups excluding carboxylic acids is 1. The number of nitro groups is 1. The first kappa shape index (κ1) is 13.9. The lowest BCUT2D eigenvalue weighted by Gasteiger charge is -2.03. The zero-order valence-corrected chi connectivity index (χ0v) is 9.02. The first-order valence-electron chi connectivity index (χ1n) is 4.68. The third-order valence-electron chi connectivity index (χ3n) is 1.86. The van der Waals surface area contributed by atoms with Crippen LogP contribution in [0, 0.1) is 15.9 Å². The van der Waals surface area contributed by atoms with Crippen LogP contribution in [0.1, 0.15) is 29.4 Å². The molecular weight excluding hydrogens is 257 g/mol. The lowest BCUT2D eigenvalue weighted by Crippen LogP contribution is -2.13. The summed E-state index contributed by atoms with van der Waals surface area (Å²) >= 11 is 0. The molecule has 0 atom stereocenters. The molecule has 0 amide bonds. The lowest BCUT2D eigenvalue weighted by molar-refractivity contribution is -0.391. The van der Waals surface area contributed by atoms with Crippen LogP contribution in [-0.4, -0.2) is 22.5 Å². The van der Waals surface area contributed by atoms with Crippen molar-refractivity contribution in [2.75, 3.05) is 6.61 Å². The highest BCUT2D eigenvalue weighted by Gasteiger charge is 2.31. The summed E-state index contributed by atoms with van der Waals surface area (Å²) in [7, 11) is 0. The Kier molecular flexibility index (Phi) is 4.18. The van der Waals surface area contributed by atoms with Crippen LogP contribution in [0.2, 0.25) is 0 Å². The van der Waals surface area contributed by atoms with Gasteiger partial charge >= 0.3 is 11.8 Å². The lowest BCUT2D eigenvalue weighted by atomic mass is 10.2. The van der Waals surface area contributed by atoms with Gasteiger partial charge in [0.15, 0.2) is 5.82 Å². The van der Waals surface area contributed by atoms with Gasteiger partial charge in [-0.25, -0.2) is 18.0 Å². The van der Waals surface area contributed by atoms with Gasteiger partial charge in [0, 0.05) is 0 Å². The van der Waals surface area contributed by atoms with E-state index in [4.69, 9.17) is 0 Å². The van der Waals surface area contributed by atoms with E-state index in [0.717, 1.165) is 0 Å². The first-order valence-corrected chi connectivity index (χ1v) is 4.68. The second-order valence-corrected chi connectivity index (χ2v) is 3.01. The minimum Gasteiger partial charge on any atom is -0.460 e. The maximum Gasteiger partial charge on any atom is 0.386 e. The van der Waals surface area contributed by atoms with Gasteiger partial charge in [0.25, 0.3) is 12.1 Å². The number of esters is 1. The van der Waals surface area contributed by atoms with Crippen LogP contribution in [0.4, 0.5) is 19.0 Å². The molecule has 1 aromatic rings. The first-order chi connectivity index (χ1) is 8.38. The Balaban J connectivity index is 3.36. The minimum absolute atomic E-state index is 0.107. The normalized spacial score (nSPS) is 10.5. The number of alkyl halides is 2. The quantitative estimate of drug-likeness (QED) is 0.473. The summed E-state index contributed by atoms with van der Waals surface area (Å²) in [4.78, 5) is 23.5. The second kappa shape index (κ2) is 5.43. The second-order valence-electron chi connectivity index (χ2n) is 3.01. The fourth-order valence-corrected chi connectivity index (χ4v) is 1.14. The van der Waals surface area contributed by atoms with Gasteiger partial charge in [0.05, 0.1) is 6.61 Å². The van der Waals surface area contributed by atoms with E-state index in [2.05, 4.69) is 9.72 Å². The third-order valence-corrected chi connectivity index (χ3v) is 1.86. The Morgan fingerprint density at radius 3 is 2.67 bits per heavy atom. The van der Waals surface area contributed by atoms with Crippen molar-refractivity contribution in [2.24, 2.45) is 0 Å². The number of halogens is 3. The van der Waals surface area contributed by atoms with E-state index in [9.17, 15) is 28.1 Å². The van der Waals surface area contributed by atoms with E-state index >= 15 is 0 Å². The molecular formula is C9H7F3N2O4. The van der Waals surface area contributed by atoms with Gasteiger partial charge in [-0.1, -0.05) is 0 Å². The molecule has 0 fully saturated rings. The molecule has 0 aliphatic heterocycles. The summed E-state index contributed by atoms with van der Waals surface area (Å²) in [6.07, 6.45) is -3.27. The smallest absolute Gasteiger partial charge is 0.386 e. The van der Waals surface area contributed by atoms with E-state index in [1.165, 1.54) is 6.92 Å². The van der Waals surface area contributed by atoms with E-state index < -0.39 is 40.2 Å². The molecule has 0 unspecified atom stereocenters. The molecule has 6 nitrogen and oxygen atoms in total. The fraction of sp³-hybridized carbons (Fsp3) is 0.333. The van der Waals surface area contributed by atoms with Crippen molar-refractivity contribution in [3.63, 3.8) is 0 Å². The van der Waals surface area contributed by atoms with Gasteiger partial charge in [-0.05, 0) is 22.9 Å². The SMILES string of the molecule is CCOC(=O)c1nc([N+](=O)[O-])c(C(F)F)cc1F. The summed E-state index contributed by atoms with van der Waals surface area (Å²) in [5.41, 5.74) is -2.18. The van der Waals surface area contributed by atoms with Crippen molar-refractivity contribution in [3.05, 3.63) is 33.3 Å². The van der Waals surface area contributed by atoms with Crippen molar-refractivity contribution in [2.45, 2.75) is 13.3 Å². The fourth-order valence-electron chi connectivity index (χ4n) is 1.14. The van der Waals surface area contributed by atoms with Crippen LogP contribution in [0.25, 0.3) is 0 Å². The number of pyridine rings is 1. The largest absolute Gasteiger partial charge is 0.460 e. The zero-order chi connectivity index (χ0) is 13.9. The molecule has 1 heterocycles. The van der Waals surface area contributed by atoms with Crippen molar-refractivity contribution in [3.8, 4) is 0 Å². The molecule has 0 spiro atoms. The molecule has 18 heavy (non-hydrogen) atoms.